The van der Waals surface area contributed by atoms with E-state index >= 15 is 0 Å². The van der Waals surface area contributed by atoms with Gasteiger partial charge in [-0.1, -0.05) is 13.8 Å². The molecule has 0 fully saturated rings. The largest absolute Gasteiger partial charge is 0.526 e. The molecule has 0 unspecified atom stereocenters. The Balaban J connectivity index is -0.000000322. The summed E-state index contributed by atoms with van der Waals surface area (Å²) < 4.78 is 40.3. The van der Waals surface area contributed by atoms with E-state index in [2.05, 4.69) is 13.6 Å². The Morgan fingerprint density at radius 3 is 1.19 bits per heavy atom. The van der Waals surface area contributed by atoms with E-state index in [1.54, 1.807) is 6.92 Å². The lowest BCUT2D eigenvalue weighted by Gasteiger charge is -2.02. The summed E-state index contributed by atoms with van der Waals surface area (Å²) in [6.45, 7) is 4.07. The lowest BCUT2D eigenvalue weighted by atomic mass is 10.4. The van der Waals surface area contributed by atoms with Gasteiger partial charge in [-0.2, -0.15) is 0 Å². The van der Waals surface area contributed by atoms with Gasteiger partial charge in [0.1, 0.15) is 0 Å². The first-order valence-corrected chi connectivity index (χ1v) is 11.2. The van der Waals surface area contributed by atoms with E-state index < -0.39 is 41.4 Å². The molecule has 0 rings (SSSR count). The Morgan fingerprint density at radius 1 is 0.704 bits per heavy atom. The van der Waals surface area contributed by atoms with Crippen LogP contribution in [0, 0.1) is 0 Å². The highest BCUT2D eigenvalue weighted by molar-refractivity contribution is 7.47. The predicted octanol–water partition coefficient (Wildman–Crippen LogP) is 0.0969. The van der Waals surface area contributed by atoms with Crippen LogP contribution in [0.1, 0.15) is 40.0 Å². The maximum absolute atomic E-state index is 10.3. The minimum Gasteiger partial charge on any atom is -0.371 e. The highest BCUT2D eigenvalue weighted by Gasteiger charge is 2.19. The number of phosphoric ester groups is 3. The second kappa shape index (κ2) is 13.9. The molecule has 0 aromatic carbocycles. The molecule has 0 aliphatic rings. The predicted molar refractivity (Wildman–Crippen MR) is 85.3 cm³/mol. The molecule has 0 aliphatic heterocycles. The van der Waals surface area contributed by atoms with Crippen molar-refractivity contribution in [1.82, 2.24) is 0 Å². The number of hydrogen-bond donors (Lipinski definition) is 6. The first-order valence-electron chi connectivity index (χ1n) is 6.64. The van der Waals surface area contributed by atoms with Crippen molar-refractivity contribution < 1.29 is 71.0 Å². The van der Waals surface area contributed by atoms with E-state index in [1.807, 2.05) is 0 Å². The van der Waals surface area contributed by atoms with E-state index in [0.29, 0.717) is 6.42 Å². The standard InChI is InChI=1S/C4H9O5P.C3H7O5P.C2H5O5P/c1-2-3-4(5)9-10(6,7)8;1-2-3(4)8-9(5,6)7;1-2(3)7-8(4,5)6/h2-3H2,1H3,(H2,6,7,8);2H2,1H3,(H2,5,6,7);1H3,(H2,4,5,6). The SMILES string of the molecule is CC(=O)OP(=O)(O)O.CCC(=O)OP(=O)(O)O.CCCC(=O)OP(=O)(O)O. The highest BCUT2D eigenvalue weighted by Crippen LogP contribution is 2.37. The Morgan fingerprint density at radius 2 is 1.04 bits per heavy atom. The van der Waals surface area contributed by atoms with Gasteiger partial charge in [0.25, 0.3) is 0 Å². The summed E-state index contributed by atoms with van der Waals surface area (Å²) in [5.41, 5.74) is 0. The average molecular weight is 462 g/mol. The van der Waals surface area contributed by atoms with E-state index in [-0.39, 0.29) is 12.8 Å². The van der Waals surface area contributed by atoms with Crippen LogP contribution in [-0.4, -0.2) is 47.3 Å². The molecule has 0 aromatic heterocycles. The molecule has 0 aliphatic carbocycles. The van der Waals surface area contributed by atoms with Gasteiger partial charge >= 0.3 is 41.4 Å². The fourth-order valence-electron chi connectivity index (χ4n) is 0.747. The summed E-state index contributed by atoms with van der Waals surface area (Å²) in [7, 11) is -13.8. The zero-order valence-corrected chi connectivity index (χ0v) is 17.0. The second-order valence-electron chi connectivity index (χ2n) is 4.08. The molecule has 18 heteroatoms. The lowest BCUT2D eigenvalue weighted by molar-refractivity contribution is -0.136. The average Bonchev–Trinajstić information content (AvgIpc) is 2.32. The van der Waals surface area contributed by atoms with Crippen LogP contribution in [0.25, 0.3) is 0 Å². The molecule has 0 amide bonds. The molecule has 0 heterocycles. The van der Waals surface area contributed by atoms with Crippen molar-refractivity contribution in [2.24, 2.45) is 0 Å². The summed E-state index contributed by atoms with van der Waals surface area (Å²) >= 11 is 0. The molecule has 0 atom stereocenters. The molecule has 0 bridgehead atoms. The monoisotopic (exact) mass is 462 g/mol. The first kappa shape index (κ1) is 30.6. The van der Waals surface area contributed by atoms with Crippen LogP contribution < -0.4 is 0 Å². The Labute approximate surface area is 153 Å². The zero-order chi connectivity index (χ0) is 22.5. The van der Waals surface area contributed by atoms with Gasteiger partial charge in [-0.3, -0.25) is 43.7 Å². The van der Waals surface area contributed by atoms with Crippen LogP contribution in [0.5, 0.6) is 0 Å². The van der Waals surface area contributed by atoms with Crippen LogP contribution >= 0.6 is 23.5 Å². The third kappa shape index (κ3) is 36.5. The van der Waals surface area contributed by atoms with Gasteiger partial charge in [0.05, 0.1) is 0 Å². The van der Waals surface area contributed by atoms with E-state index in [4.69, 9.17) is 29.4 Å². The van der Waals surface area contributed by atoms with Gasteiger partial charge in [0, 0.05) is 19.8 Å². The van der Waals surface area contributed by atoms with Crippen LogP contribution in [0.3, 0.4) is 0 Å². The molecule has 0 saturated heterocycles. The molecule has 15 nitrogen and oxygen atoms in total. The molecule has 162 valence electrons. The van der Waals surface area contributed by atoms with E-state index in [0.717, 1.165) is 6.92 Å². The fourth-order valence-corrected chi connectivity index (χ4v) is 1.83. The van der Waals surface area contributed by atoms with Crippen molar-refractivity contribution in [3.63, 3.8) is 0 Å². The summed E-state index contributed by atoms with van der Waals surface area (Å²) in [6.07, 6.45) is 0.509. The Hall–Kier alpha value is -1.14. The summed E-state index contributed by atoms with van der Waals surface area (Å²) in [6, 6.07) is 0. The minimum atomic E-state index is -4.60. The summed E-state index contributed by atoms with van der Waals surface area (Å²) in [4.78, 5) is 78.1. The van der Waals surface area contributed by atoms with Crippen molar-refractivity contribution >= 4 is 41.4 Å². The molecule has 0 radical (unpaired) electrons. The maximum atomic E-state index is 10.3. The van der Waals surface area contributed by atoms with Gasteiger partial charge in [0.2, 0.25) is 0 Å². The topological polar surface area (TPSA) is 251 Å². The summed E-state index contributed by atoms with van der Waals surface area (Å²) in [5.74, 6) is -2.75. The van der Waals surface area contributed by atoms with Crippen molar-refractivity contribution in [3.8, 4) is 0 Å². The highest BCUT2D eigenvalue weighted by atomic mass is 31.2. The normalized spacial score (nSPS) is 11.0. The number of carbonyl (C=O) groups excluding carboxylic acids is 3. The van der Waals surface area contributed by atoms with Gasteiger partial charge in [-0.05, 0) is 6.42 Å². The van der Waals surface area contributed by atoms with Crippen LogP contribution in [0.15, 0.2) is 0 Å². The Bertz CT molecular complexity index is 610. The number of hydrogen-bond acceptors (Lipinski definition) is 9. The van der Waals surface area contributed by atoms with Gasteiger partial charge < -0.3 is 13.6 Å². The molecule has 6 N–H and O–H groups in total. The lowest BCUT2D eigenvalue weighted by Crippen LogP contribution is -2.00. The molecule has 0 spiro atoms. The number of rotatable bonds is 6. The van der Waals surface area contributed by atoms with Crippen molar-refractivity contribution in [2.45, 2.75) is 40.0 Å². The maximum Gasteiger partial charge on any atom is 0.526 e. The fraction of sp³-hybridized carbons (Fsp3) is 0.667. The van der Waals surface area contributed by atoms with Crippen LogP contribution in [-0.2, 0) is 41.6 Å². The van der Waals surface area contributed by atoms with Crippen LogP contribution in [0.2, 0.25) is 0 Å². The smallest absolute Gasteiger partial charge is 0.371 e. The van der Waals surface area contributed by atoms with Gasteiger partial charge in [-0.15, -0.1) is 0 Å². The summed E-state index contributed by atoms with van der Waals surface area (Å²) in [5, 5.41) is 0. The van der Waals surface area contributed by atoms with E-state index in [9.17, 15) is 28.1 Å². The first-order chi connectivity index (χ1) is 11.8. The third-order valence-corrected chi connectivity index (χ3v) is 2.81. The Kier molecular flexibility index (Phi) is 15.8. The molecule has 27 heavy (non-hydrogen) atoms. The molecular formula is C9H21O15P3. The third-order valence-electron chi connectivity index (χ3n) is 1.43. The van der Waals surface area contributed by atoms with Crippen molar-refractivity contribution in [2.75, 3.05) is 0 Å². The second-order valence-corrected chi connectivity index (χ2v) is 7.58. The van der Waals surface area contributed by atoms with Crippen molar-refractivity contribution in [3.05, 3.63) is 0 Å². The zero-order valence-electron chi connectivity index (χ0n) is 14.3. The minimum absolute atomic E-state index is 0.0328. The number of phosphoric acid groups is 3. The van der Waals surface area contributed by atoms with Gasteiger partial charge in [-0.25, -0.2) is 13.7 Å². The quantitative estimate of drug-likeness (QED) is 0.286. The van der Waals surface area contributed by atoms with Crippen LogP contribution in [0.4, 0.5) is 0 Å². The van der Waals surface area contributed by atoms with Crippen molar-refractivity contribution in [1.29, 1.82) is 0 Å². The van der Waals surface area contributed by atoms with E-state index in [1.165, 1.54) is 6.92 Å². The van der Waals surface area contributed by atoms with Gasteiger partial charge in [0.15, 0.2) is 0 Å². The molecule has 0 aromatic rings. The molecule has 0 saturated carbocycles. The molecular weight excluding hydrogens is 441 g/mol. The number of carbonyl (C=O) groups is 3.